The molecule has 0 unspecified atom stereocenters. The summed E-state index contributed by atoms with van der Waals surface area (Å²) in [5.41, 5.74) is 0.747. The molecule has 0 N–H and O–H groups in total. The van der Waals surface area contributed by atoms with Crippen molar-refractivity contribution in [3.8, 4) is 0 Å². The SMILES string of the molecule is CC(C)C(=O)C(C)(C)/C=C/c1ccccc1. The van der Waals surface area contributed by atoms with Crippen LogP contribution in [0.4, 0.5) is 0 Å². The van der Waals surface area contributed by atoms with Crippen LogP contribution in [0.15, 0.2) is 36.4 Å². The maximum absolute atomic E-state index is 11.9. The lowest BCUT2D eigenvalue weighted by molar-refractivity contribution is -0.127. The van der Waals surface area contributed by atoms with E-state index in [0.717, 1.165) is 5.56 Å². The van der Waals surface area contributed by atoms with Gasteiger partial charge in [0.2, 0.25) is 0 Å². The average Bonchev–Trinajstić information content (AvgIpc) is 2.27. The van der Waals surface area contributed by atoms with E-state index in [4.69, 9.17) is 0 Å². The van der Waals surface area contributed by atoms with E-state index in [1.807, 2.05) is 70.2 Å². The van der Waals surface area contributed by atoms with Crippen LogP contribution >= 0.6 is 0 Å². The fraction of sp³-hybridized carbons (Fsp3) is 0.400. The zero-order valence-corrected chi connectivity index (χ0v) is 10.5. The van der Waals surface area contributed by atoms with Crippen molar-refractivity contribution < 1.29 is 4.79 Å². The smallest absolute Gasteiger partial charge is 0.144 e. The van der Waals surface area contributed by atoms with Gasteiger partial charge in [-0.15, -0.1) is 0 Å². The van der Waals surface area contributed by atoms with Gasteiger partial charge >= 0.3 is 0 Å². The van der Waals surface area contributed by atoms with Crippen molar-refractivity contribution in [2.45, 2.75) is 27.7 Å². The van der Waals surface area contributed by atoms with Crippen molar-refractivity contribution in [2.75, 3.05) is 0 Å². The number of allylic oxidation sites excluding steroid dienone is 1. The van der Waals surface area contributed by atoms with Gasteiger partial charge in [-0.2, -0.15) is 0 Å². The van der Waals surface area contributed by atoms with Crippen LogP contribution in [0, 0.1) is 11.3 Å². The highest BCUT2D eigenvalue weighted by Gasteiger charge is 2.26. The fourth-order valence-electron chi connectivity index (χ4n) is 1.69. The van der Waals surface area contributed by atoms with Gasteiger partial charge in [-0.1, -0.05) is 56.3 Å². The molecule has 1 rings (SSSR count). The molecule has 0 saturated carbocycles. The summed E-state index contributed by atoms with van der Waals surface area (Å²) in [6.45, 7) is 7.82. The van der Waals surface area contributed by atoms with E-state index in [2.05, 4.69) is 0 Å². The van der Waals surface area contributed by atoms with Gasteiger partial charge in [0.05, 0.1) is 0 Å². The number of benzene rings is 1. The predicted octanol–water partition coefficient (Wildman–Crippen LogP) is 3.95. The Labute approximate surface area is 98.2 Å². The maximum atomic E-state index is 11.9. The summed E-state index contributed by atoms with van der Waals surface area (Å²) in [6, 6.07) is 10.1. The van der Waals surface area contributed by atoms with Crippen molar-refractivity contribution in [3.05, 3.63) is 42.0 Å². The second-order valence-corrected chi connectivity index (χ2v) is 4.98. The molecule has 1 nitrogen and oxygen atoms in total. The normalized spacial score (nSPS) is 12.3. The lowest BCUT2D eigenvalue weighted by Crippen LogP contribution is -2.26. The molecule has 0 saturated heterocycles. The van der Waals surface area contributed by atoms with Crippen LogP contribution in [-0.2, 0) is 4.79 Å². The first-order valence-electron chi connectivity index (χ1n) is 5.72. The summed E-state index contributed by atoms with van der Waals surface area (Å²) in [6.07, 6.45) is 4.00. The zero-order valence-electron chi connectivity index (χ0n) is 10.5. The largest absolute Gasteiger partial charge is 0.298 e. The van der Waals surface area contributed by atoms with E-state index in [9.17, 15) is 4.79 Å². The molecule has 0 aliphatic rings. The Morgan fingerprint density at radius 1 is 1.19 bits per heavy atom. The molecule has 86 valence electrons. The third kappa shape index (κ3) is 3.34. The van der Waals surface area contributed by atoms with Crippen LogP contribution in [0.25, 0.3) is 6.08 Å². The molecular weight excluding hydrogens is 196 g/mol. The molecule has 1 aromatic rings. The Morgan fingerprint density at radius 2 is 1.75 bits per heavy atom. The first-order chi connectivity index (χ1) is 7.43. The third-order valence-corrected chi connectivity index (χ3v) is 2.65. The van der Waals surface area contributed by atoms with E-state index in [0.29, 0.717) is 0 Å². The molecule has 16 heavy (non-hydrogen) atoms. The summed E-state index contributed by atoms with van der Waals surface area (Å²) in [4.78, 5) is 11.9. The minimum absolute atomic E-state index is 0.0791. The van der Waals surface area contributed by atoms with Crippen LogP contribution in [0.5, 0.6) is 0 Å². The van der Waals surface area contributed by atoms with Crippen LogP contribution < -0.4 is 0 Å². The van der Waals surface area contributed by atoms with Gasteiger partial charge in [-0.05, 0) is 19.4 Å². The minimum Gasteiger partial charge on any atom is -0.298 e. The molecular formula is C15H20O. The Bertz CT molecular complexity index is 372. The Morgan fingerprint density at radius 3 is 2.25 bits per heavy atom. The number of carbonyl (C=O) groups excluding carboxylic acids is 1. The minimum atomic E-state index is -0.385. The Hall–Kier alpha value is -1.37. The molecule has 1 heteroatoms. The molecule has 0 radical (unpaired) electrons. The van der Waals surface area contributed by atoms with Crippen molar-refractivity contribution in [3.63, 3.8) is 0 Å². The van der Waals surface area contributed by atoms with Crippen LogP contribution in [0.1, 0.15) is 33.3 Å². The standard InChI is InChI=1S/C15H20O/c1-12(2)14(16)15(3,4)11-10-13-8-6-5-7-9-13/h5-12H,1-4H3/b11-10+. The molecule has 0 bridgehead atoms. The average molecular weight is 216 g/mol. The molecule has 0 aliphatic carbocycles. The van der Waals surface area contributed by atoms with Crippen molar-refractivity contribution in [1.82, 2.24) is 0 Å². The van der Waals surface area contributed by atoms with Crippen molar-refractivity contribution >= 4 is 11.9 Å². The lowest BCUT2D eigenvalue weighted by Gasteiger charge is -2.20. The van der Waals surface area contributed by atoms with Crippen LogP contribution in [0.2, 0.25) is 0 Å². The van der Waals surface area contributed by atoms with E-state index in [1.54, 1.807) is 0 Å². The lowest BCUT2D eigenvalue weighted by atomic mass is 9.82. The molecule has 0 atom stereocenters. The molecule has 0 aliphatic heterocycles. The quantitative estimate of drug-likeness (QED) is 0.744. The topological polar surface area (TPSA) is 17.1 Å². The number of ketones is 1. The highest BCUT2D eigenvalue weighted by molar-refractivity contribution is 5.88. The third-order valence-electron chi connectivity index (χ3n) is 2.65. The first kappa shape index (κ1) is 12.7. The molecule has 0 aromatic heterocycles. The second kappa shape index (κ2) is 5.11. The van der Waals surface area contributed by atoms with Crippen LogP contribution in [0.3, 0.4) is 0 Å². The molecule has 0 spiro atoms. The van der Waals surface area contributed by atoms with Gasteiger partial charge in [-0.25, -0.2) is 0 Å². The highest BCUT2D eigenvalue weighted by Crippen LogP contribution is 2.24. The Kier molecular flexibility index (Phi) is 4.05. The first-order valence-corrected chi connectivity index (χ1v) is 5.72. The number of rotatable bonds is 4. The fourth-order valence-corrected chi connectivity index (χ4v) is 1.69. The summed E-state index contributed by atoms with van der Waals surface area (Å²) >= 11 is 0. The summed E-state index contributed by atoms with van der Waals surface area (Å²) in [5.74, 6) is 0.357. The predicted molar refractivity (Wildman–Crippen MR) is 69.1 cm³/mol. The molecule has 0 heterocycles. The number of Topliss-reactive ketones (excluding diaryl/α,β-unsaturated/α-hetero) is 1. The van der Waals surface area contributed by atoms with Gasteiger partial charge in [0, 0.05) is 11.3 Å². The highest BCUT2D eigenvalue weighted by atomic mass is 16.1. The van der Waals surface area contributed by atoms with E-state index in [-0.39, 0.29) is 17.1 Å². The van der Waals surface area contributed by atoms with Gasteiger partial charge in [-0.3, -0.25) is 4.79 Å². The zero-order chi connectivity index (χ0) is 12.2. The monoisotopic (exact) mass is 216 g/mol. The number of carbonyl (C=O) groups is 1. The Balaban J connectivity index is 2.80. The molecule has 1 aromatic carbocycles. The summed E-state index contributed by atoms with van der Waals surface area (Å²) in [7, 11) is 0. The van der Waals surface area contributed by atoms with Crippen LogP contribution in [-0.4, -0.2) is 5.78 Å². The maximum Gasteiger partial charge on any atom is 0.144 e. The van der Waals surface area contributed by atoms with E-state index < -0.39 is 0 Å². The van der Waals surface area contributed by atoms with Gasteiger partial charge in [0.15, 0.2) is 0 Å². The summed E-state index contributed by atoms with van der Waals surface area (Å²) < 4.78 is 0. The van der Waals surface area contributed by atoms with Gasteiger partial charge < -0.3 is 0 Å². The van der Waals surface area contributed by atoms with Gasteiger partial charge in [0.25, 0.3) is 0 Å². The van der Waals surface area contributed by atoms with E-state index >= 15 is 0 Å². The van der Waals surface area contributed by atoms with Crippen molar-refractivity contribution in [1.29, 1.82) is 0 Å². The number of hydrogen-bond donors (Lipinski definition) is 0. The molecule has 0 fully saturated rings. The second-order valence-electron chi connectivity index (χ2n) is 4.98. The van der Waals surface area contributed by atoms with E-state index in [1.165, 1.54) is 0 Å². The van der Waals surface area contributed by atoms with Crippen molar-refractivity contribution in [2.24, 2.45) is 11.3 Å². The van der Waals surface area contributed by atoms with Gasteiger partial charge in [0.1, 0.15) is 5.78 Å². The molecule has 0 amide bonds. The number of hydrogen-bond acceptors (Lipinski definition) is 1. The summed E-state index contributed by atoms with van der Waals surface area (Å²) in [5, 5.41) is 0.